The fourth-order valence-corrected chi connectivity index (χ4v) is 3.69. The van der Waals surface area contributed by atoms with Crippen LogP contribution in [0.3, 0.4) is 0 Å². The van der Waals surface area contributed by atoms with Crippen molar-refractivity contribution in [3.8, 4) is 0 Å². The largest absolute Gasteiger partial charge is 0.444 e. The van der Waals surface area contributed by atoms with Gasteiger partial charge < -0.3 is 19.9 Å². The van der Waals surface area contributed by atoms with Gasteiger partial charge in [-0.3, -0.25) is 4.79 Å². The molecule has 0 radical (unpaired) electrons. The van der Waals surface area contributed by atoms with Gasteiger partial charge in [0.05, 0.1) is 18.1 Å². The lowest BCUT2D eigenvalue weighted by Crippen LogP contribution is -2.39. The van der Waals surface area contributed by atoms with E-state index in [0.717, 1.165) is 12.8 Å². The van der Waals surface area contributed by atoms with Crippen LogP contribution in [0.1, 0.15) is 40.5 Å². The van der Waals surface area contributed by atoms with Gasteiger partial charge in [0.1, 0.15) is 5.60 Å². The van der Waals surface area contributed by atoms with Gasteiger partial charge in [0, 0.05) is 38.5 Å². The van der Waals surface area contributed by atoms with E-state index in [-0.39, 0.29) is 23.4 Å². The third kappa shape index (κ3) is 4.40. The highest BCUT2D eigenvalue weighted by Gasteiger charge is 2.47. The molecule has 0 bridgehead atoms. The molecule has 3 heterocycles. The Hall–Kier alpha value is -2.58. The molecule has 1 aromatic rings. The van der Waals surface area contributed by atoms with Crippen LogP contribution < -0.4 is 5.32 Å². The summed E-state index contributed by atoms with van der Waals surface area (Å²) in [5.41, 5.74) is -0.113. The van der Waals surface area contributed by atoms with Crippen molar-refractivity contribution in [3.63, 3.8) is 0 Å². The van der Waals surface area contributed by atoms with Crippen molar-refractivity contribution in [2.45, 2.75) is 46.1 Å². The van der Waals surface area contributed by atoms with Crippen molar-refractivity contribution >= 4 is 23.7 Å². The fourth-order valence-electron chi connectivity index (χ4n) is 3.69. The first-order valence-electron chi connectivity index (χ1n) is 9.16. The molecule has 0 aromatic carbocycles. The molecule has 2 saturated heterocycles. The van der Waals surface area contributed by atoms with Crippen molar-refractivity contribution < 1.29 is 19.1 Å². The number of ether oxygens (including phenoxy) is 1. The number of carbonyl (C=O) groups excluding carboxylic acids is 3. The minimum atomic E-state index is -0.518. The van der Waals surface area contributed by atoms with Crippen LogP contribution in [0.15, 0.2) is 12.4 Å². The molecule has 9 heteroatoms. The fraction of sp³-hybridized carbons (Fsp3) is 0.667. The van der Waals surface area contributed by atoms with E-state index >= 15 is 0 Å². The van der Waals surface area contributed by atoms with Crippen molar-refractivity contribution in [2.75, 3.05) is 31.5 Å². The topological polar surface area (TPSA) is 96.8 Å². The number of likely N-dealkylation sites (tertiary alicyclic amines) is 2. The highest BCUT2D eigenvalue weighted by molar-refractivity contribution is 5.89. The SMILES string of the molecule is CC(=O)Nc1cnn(C(=O)N2CCC3(CCN(C(=O)OC(C)(C)C)C3)C2)c1. The first kappa shape index (κ1) is 19.2. The van der Waals surface area contributed by atoms with Crippen molar-refractivity contribution in [1.82, 2.24) is 19.6 Å². The minimum Gasteiger partial charge on any atom is -0.444 e. The molecule has 1 N–H and O–H groups in total. The summed E-state index contributed by atoms with van der Waals surface area (Å²) in [6.07, 6.45) is 4.36. The predicted octanol–water partition coefficient (Wildman–Crippen LogP) is 2.14. The van der Waals surface area contributed by atoms with Gasteiger partial charge in [0.25, 0.3) is 0 Å². The molecule has 1 unspecified atom stereocenters. The van der Waals surface area contributed by atoms with Crippen LogP contribution in [0.2, 0.25) is 0 Å². The van der Waals surface area contributed by atoms with E-state index in [1.54, 1.807) is 9.80 Å². The number of nitrogens with one attached hydrogen (secondary N) is 1. The molecule has 0 saturated carbocycles. The first-order valence-corrected chi connectivity index (χ1v) is 9.16. The average Bonchev–Trinajstić information content (AvgIpc) is 3.26. The smallest absolute Gasteiger partial charge is 0.410 e. The Kier molecular flexibility index (Phi) is 4.88. The Morgan fingerprint density at radius 1 is 1.15 bits per heavy atom. The van der Waals surface area contributed by atoms with E-state index in [2.05, 4.69) is 10.4 Å². The van der Waals surface area contributed by atoms with Gasteiger partial charge >= 0.3 is 12.1 Å². The summed E-state index contributed by atoms with van der Waals surface area (Å²) in [5.74, 6) is -0.213. The minimum absolute atomic E-state index is 0.0832. The summed E-state index contributed by atoms with van der Waals surface area (Å²) >= 11 is 0. The number of anilines is 1. The zero-order valence-corrected chi connectivity index (χ0v) is 16.3. The summed E-state index contributed by atoms with van der Waals surface area (Å²) in [5, 5.41) is 6.64. The Morgan fingerprint density at radius 3 is 2.41 bits per heavy atom. The summed E-state index contributed by atoms with van der Waals surface area (Å²) in [6, 6.07) is -0.223. The highest BCUT2D eigenvalue weighted by atomic mass is 16.6. The predicted molar refractivity (Wildman–Crippen MR) is 98.4 cm³/mol. The summed E-state index contributed by atoms with van der Waals surface area (Å²) in [7, 11) is 0. The van der Waals surface area contributed by atoms with E-state index in [9.17, 15) is 14.4 Å². The lowest BCUT2D eigenvalue weighted by atomic mass is 9.86. The lowest BCUT2D eigenvalue weighted by molar-refractivity contribution is -0.114. The third-order valence-electron chi connectivity index (χ3n) is 4.90. The van der Waals surface area contributed by atoms with E-state index < -0.39 is 5.60 Å². The number of carbonyl (C=O) groups is 3. The van der Waals surface area contributed by atoms with Gasteiger partial charge in [-0.1, -0.05) is 0 Å². The van der Waals surface area contributed by atoms with Crippen LogP contribution in [0.25, 0.3) is 0 Å². The summed E-state index contributed by atoms with van der Waals surface area (Å²) in [4.78, 5) is 39.6. The molecule has 27 heavy (non-hydrogen) atoms. The standard InChI is InChI=1S/C18H27N5O4/c1-13(24)20-14-9-19-23(10-14)15(25)21-7-5-18(11-21)6-8-22(12-18)16(26)27-17(2,3)4/h9-10H,5-8,11-12H2,1-4H3,(H,20,24). The molecule has 1 spiro atoms. The molecular weight excluding hydrogens is 350 g/mol. The summed E-state index contributed by atoms with van der Waals surface area (Å²) < 4.78 is 6.70. The van der Waals surface area contributed by atoms with Crippen LogP contribution in [0.5, 0.6) is 0 Å². The van der Waals surface area contributed by atoms with Gasteiger partial charge in [0.15, 0.2) is 0 Å². The van der Waals surface area contributed by atoms with Crippen LogP contribution in [-0.2, 0) is 9.53 Å². The Balaban J connectivity index is 1.60. The molecule has 3 amide bonds. The zero-order chi connectivity index (χ0) is 19.8. The molecule has 3 rings (SSSR count). The maximum atomic E-state index is 12.7. The Labute approximate surface area is 158 Å². The number of hydrogen-bond acceptors (Lipinski definition) is 5. The number of aromatic nitrogens is 2. The van der Waals surface area contributed by atoms with Crippen molar-refractivity contribution in [1.29, 1.82) is 0 Å². The van der Waals surface area contributed by atoms with Crippen molar-refractivity contribution in [2.24, 2.45) is 5.41 Å². The molecule has 2 fully saturated rings. The van der Waals surface area contributed by atoms with Gasteiger partial charge in [-0.2, -0.15) is 9.78 Å². The Morgan fingerprint density at radius 2 is 1.78 bits per heavy atom. The molecule has 9 nitrogen and oxygen atoms in total. The normalized spacial score (nSPS) is 22.4. The van der Waals surface area contributed by atoms with E-state index in [1.807, 2.05) is 20.8 Å². The Bertz CT molecular complexity index is 753. The van der Waals surface area contributed by atoms with Gasteiger partial charge in [-0.05, 0) is 33.6 Å². The number of hydrogen-bond donors (Lipinski definition) is 1. The first-order chi connectivity index (χ1) is 12.6. The molecular formula is C18H27N5O4. The summed E-state index contributed by atoms with van der Waals surface area (Å²) in [6.45, 7) is 9.41. The zero-order valence-electron chi connectivity index (χ0n) is 16.3. The van der Waals surface area contributed by atoms with E-state index in [4.69, 9.17) is 4.74 Å². The molecule has 1 aromatic heterocycles. The van der Waals surface area contributed by atoms with Gasteiger partial charge in [-0.15, -0.1) is 0 Å². The van der Waals surface area contributed by atoms with Gasteiger partial charge in [0.2, 0.25) is 5.91 Å². The molecule has 1 atom stereocenters. The quantitative estimate of drug-likeness (QED) is 0.809. The number of amides is 3. The van der Waals surface area contributed by atoms with Crippen LogP contribution in [-0.4, -0.2) is 69.4 Å². The van der Waals surface area contributed by atoms with Crippen molar-refractivity contribution in [3.05, 3.63) is 12.4 Å². The van der Waals surface area contributed by atoms with Crippen LogP contribution in [0.4, 0.5) is 15.3 Å². The second kappa shape index (κ2) is 6.86. The second-order valence-corrected chi connectivity index (χ2v) is 8.46. The lowest BCUT2D eigenvalue weighted by Gasteiger charge is -2.27. The van der Waals surface area contributed by atoms with E-state index in [0.29, 0.717) is 31.9 Å². The van der Waals surface area contributed by atoms with Crippen LogP contribution >= 0.6 is 0 Å². The third-order valence-corrected chi connectivity index (χ3v) is 4.90. The van der Waals surface area contributed by atoms with Gasteiger partial charge in [-0.25, -0.2) is 9.59 Å². The maximum absolute atomic E-state index is 12.7. The number of nitrogens with zero attached hydrogens (tertiary/aromatic N) is 4. The number of rotatable bonds is 1. The van der Waals surface area contributed by atoms with Crippen LogP contribution in [0, 0.1) is 5.41 Å². The molecule has 2 aliphatic heterocycles. The average molecular weight is 377 g/mol. The highest BCUT2D eigenvalue weighted by Crippen LogP contribution is 2.40. The van der Waals surface area contributed by atoms with E-state index in [1.165, 1.54) is 24.0 Å². The maximum Gasteiger partial charge on any atom is 0.410 e. The molecule has 2 aliphatic rings. The second-order valence-electron chi connectivity index (χ2n) is 8.46. The monoisotopic (exact) mass is 377 g/mol. The molecule has 0 aliphatic carbocycles. The molecule has 148 valence electrons.